The third kappa shape index (κ3) is 4.65. The van der Waals surface area contributed by atoms with Crippen molar-refractivity contribution in [2.24, 2.45) is 0 Å². The van der Waals surface area contributed by atoms with Crippen LogP contribution in [0.5, 0.6) is 5.75 Å². The van der Waals surface area contributed by atoms with Gasteiger partial charge in [-0.05, 0) is 30.0 Å². The van der Waals surface area contributed by atoms with Crippen LogP contribution in [0.1, 0.15) is 38.7 Å². The van der Waals surface area contributed by atoms with Gasteiger partial charge in [0.2, 0.25) is 0 Å². The van der Waals surface area contributed by atoms with Gasteiger partial charge in [-0.3, -0.25) is 0 Å². The molecule has 0 heterocycles. The molecule has 0 aliphatic heterocycles. The number of benzene rings is 1. The number of nitrogens with two attached hydrogens (primary N) is 1. The van der Waals surface area contributed by atoms with Crippen molar-refractivity contribution in [3.05, 3.63) is 23.8 Å². The lowest BCUT2D eigenvalue weighted by atomic mass is 10.0. The molecule has 0 saturated carbocycles. The maximum absolute atomic E-state index is 5.93. The van der Waals surface area contributed by atoms with Crippen molar-refractivity contribution >= 4 is 5.69 Å². The fourth-order valence-electron chi connectivity index (χ4n) is 1.51. The predicted molar refractivity (Wildman–Crippen MR) is 71.5 cm³/mol. The molecular formula is C14H23NO2. The molecule has 0 spiro atoms. The molecule has 1 aromatic rings. The van der Waals surface area contributed by atoms with E-state index in [2.05, 4.69) is 26.8 Å². The van der Waals surface area contributed by atoms with Gasteiger partial charge in [-0.15, -0.1) is 0 Å². The number of hydrogen-bond acceptors (Lipinski definition) is 3. The fourth-order valence-corrected chi connectivity index (χ4v) is 1.51. The summed E-state index contributed by atoms with van der Waals surface area (Å²) in [6, 6.07) is 5.97. The van der Waals surface area contributed by atoms with Gasteiger partial charge in [0.1, 0.15) is 12.4 Å². The van der Waals surface area contributed by atoms with Crippen molar-refractivity contribution < 1.29 is 9.47 Å². The molecule has 0 unspecified atom stereocenters. The van der Waals surface area contributed by atoms with E-state index >= 15 is 0 Å². The number of ether oxygens (including phenoxy) is 2. The first kappa shape index (κ1) is 13.8. The minimum Gasteiger partial charge on any atom is -0.489 e. The fraction of sp³-hybridized carbons (Fsp3) is 0.571. The normalized spacial score (nSPS) is 10.8. The van der Waals surface area contributed by atoms with Crippen molar-refractivity contribution in [2.45, 2.75) is 33.1 Å². The SMILES string of the molecule is CCCOCCOc1ccc(C(C)C)cc1N. The van der Waals surface area contributed by atoms with E-state index in [1.54, 1.807) is 0 Å². The Morgan fingerprint density at radius 2 is 1.94 bits per heavy atom. The summed E-state index contributed by atoms with van der Waals surface area (Å²) in [5, 5.41) is 0. The lowest BCUT2D eigenvalue weighted by molar-refractivity contribution is 0.101. The highest BCUT2D eigenvalue weighted by atomic mass is 16.5. The first-order chi connectivity index (χ1) is 8.15. The highest BCUT2D eigenvalue weighted by molar-refractivity contribution is 5.54. The summed E-state index contributed by atoms with van der Waals surface area (Å²) in [7, 11) is 0. The van der Waals surface area contributed by atoms with Crippen LogP contribution in [0.3, 0.4) is 0 Å². The number of anilines is 1. The smallest absolute Gasteiger partial charge is 0.142 e. The van der Waals surface area contributed by atoms with E-state index in [9.17, 15) is 0 Å². The van der Waals surface area contributed by atoms with Gasteiger partial charge in [-0.25, -0.2) is 0 Å². The van der Waals surface area contributed by atoms with Crippen molar-refractivity contribution in [2.75, 3.05) is 25.6 Å². The van der Waals surface area contributed by atoms with Crippen LogP contribution in [0.4, 0.5) is 5.69 Å². The van der Waals surface area contributed by atoms with Crippen LogP contribution in [0.2, 0.25) is 0 Å². The second kappa shape index (κ2) is 7.17. The molecule has 0 aromatic heterocycles. The van der Waals surface area contributed by atoms with Crippen LogP contribution >= 0.6 is 0 Å². The van der Waals surface area contributed by atoms with E-state index in [1.807, 2.05) is 12.1 Å². The quantitative estimate of drug-likeness (QED) is 0.585. The summed E-state index contributed by atoms with van der Waals surface area (Å²) in [4.78, 5) is 0. The topological polar surface area (TPSA) is 44.5 Å². The Labute approximate surface area is 104 Å². The molecule has 0 atom stereocenters. The molecule has 0 fully saturated rings. The molecule has 1 aromatic carbocycles. The molecule has 2 N–H and O–H groups in total. The second-order valence-corrected chi connectivity index (χ2v) is 4.41. The summed E-state index contributed by atoms with van der Waals surface area (Å²) in [6.45, 7) is 8.32. The van der Waals surface area contributed by atoms with Crippen LogP contribution in [-0.4, -0.2) is 19.8 Å². The van der Waals surface area contributed by atoms with E-state index in [-0.39, 0.29) is 0 Å². The third-order valence-electron chi connectivity index (χ3n) is 2.53. The first-order valence-electron chi connectivity index (χ1n) is 6.25. The molecule has 0 bridgehead atoms. The van der Waals surface area contributed by atoms with Gasteiger partial charge >= 0.3 is 0 Å². The van der Waals surface area contributed by atoms with Crippen LogP contribution in [0, 0.1) is 0 Å². The Kier molecular flexibility index (Phi) is 5.84. The summed E-state index contributed by atoms with van der Waals surface area (Å²) in [6.07, 6.45) is 1.03. The molecule has 0 aliphatic rings. The highest BCUT2D eigenvalue weighted by Crippen LogP contribution is 2.26. The van der Waals surface area contributed by atoms with Crippen LogP contribution in [0.25, 0.3) is 0 Å². The number of hydrogen-bond donors (Lipinski definition) is 1. The molecule has 0 aliphatic carbocycles. The Bertz CT molecular complexity index is 337. The lowest BCUT2D eigenvalue weighted by Gasteiger charge is -2.12. The summed E-state index contributed by atoms with van der Waals surface area (Å²) >= 11 is 0. The lowest BCUT2D eigenvalue weighted by Crippen LogP contribution is -2.08. The Hall–Kier alpha value is -1.22. The van der Waals surface area contributed by atoms with Gasteiger partial charge in [0.15, 0.2) is 0 Å². The Morgan fingerprint density at radius 3 is 2.53 bits per heavy atom. The summed E-state index contributed by atoms with van der Waals surface area (Å²) < 4.78 is 10.9. The van der Waals surface area contributed by atoms with E-state index in [4.69, 9.17) is 15.2 Å². The molecule has 0 amide bonds. The van der Waals surface area contributed by atoms with Crippen LogP contribution in [-0.2, 0) is 4.74 Å². The molecule has 0 saturated heterocycles. The Morgan fingerprint density at radius 1 is 1.18 bits per heavy atom. The first-order valence-corrected chi connectivity index (χ1v) is 6.25. The molecule has 3 heteroatoms. The monoisotopic (exact) mass is 237 g/mol. The van der Waals surface area contributed by atoms with Crippen LogP contribution in [0.15, 0.2) is 18.2 Å². The van der Waals surface area contributed by atoms with E-state index < -0.39 is 0 Å². The Balaban J connectivity index is 2.43. The number of nitrogen functional groups attached to an aromatic ring is 1. The molecule has 96 valence electrons. The van der Waals surface area contributed by atoms with Crippen LogP contribution < -0.4 is 10.5 Å². The van der Waals surface area contributed by atoms with Crippen molar-refractivity contribution in [1.82, 2.24) is 0 Å². The molecule has 3 nitrogen and oxygen atoms in total. The molecule has 17 heavy (non-hydrogen) atoms. The third-order valence-corrected chi connectivity index (χ3v) is 2.53. The largest absolute Gasteiger partial charge is 0.489 e. The van der Waals surface area contributed by atoms with Gasteiger partial charge in [-0.1, -0.05) is 26.8 Å². The van der Waals surface area contributed by atoms with E-state index in [0.29, 0.717) is 24.8 Å². The average molecular weight is 237 g/mol. The summed E-state index contributed by atoms with van der Waals surface area (Å²) in [5.41, 5.74) is 7.87. The van der Waals surface area contributed by atoms with Crippen molar-refractivity contribution in [3.8, 4) is 5.75 Å². The van der Waals surface area contributed by atoms with Gasteiger partial charge in [0.05, 0.1) is 12.3 Å². The van der Waals surface area contributed by atoms with Gasteiger partial charge in [0.25, 0.3) is 0 Å². The highest BCUT2D eigenvalue weighted by Gasteiger charge is 2.04. The molecule has 1 rings (SSSR count). The maximum Gasteiger partial charge on any atom is 0.142 e. The number of rotatable bonds is 7. The molecule has 0 radical (unpaired) electrons. The van der Waals surface area contributed by atoms with Crippen molar-refractivity contribution in [3.63, 3.8) is 0 Å². The van der Waals surface area contributed by atoms with Crippen molar-refractivity contribution in [1.29, 1.82) is 0 Å². The zero-order chi connectivity index (χ0) is 12.7. The predicted octanol–water partition coefficient (Wildman–Crippen LogP) is 3.20. The second-order valence-electron chi connectivity index (χ2n) is 4.41. The summed E-state index contributed by atoms with van der Waals surface area (Å²) in [5.74, 6) is 1.23. The van der Waals surface area contributed by atoms with Gasteiger partial charge < -0.3 is 15.2 Å². The maximum atomic E-state index is 5.93. The minimum atomic E-state index is 0.485. The van der Waals surface area contributed by atoms with Gasteiger partial charge in [-0.2, -0.15) is 0 Å². The standard InChI is InChI=1S/C14H23NO2/c1-4-7-16-8-9-17-14-6-5-12(11(2)3)10-13(14)15/h5-6,10-11H,4,7-9,15H2,1-3H3. The molecular weight excluding hydrogens is 214 g/mol. The zero-order valence-electron chi connectivity index (χ0n) is 11.0. The van der Waals surface area contributed by atoms with Gasteiger partial charge in [0, 0.05) is 6.61 Å². The average Bonchev–Trinajstić information content (AvgIpc) is 2.30. The minimum absolute atomic E-state index is 0.485. The van der Waals surface area contributed by atoms with E-state index in [1.165, 1.54) is 5.56 Å². The van der Waals surface area contributed by atoms with E-state index in [0.717, 1.165) is 18.8 Å². The zero-order valence-corrected chi connectivity index (χ0v) is 11.0.